The molecule has 0 bridgehead atoms. The lowest BCUT2D eigenvalue weighted by atomic mass is 10.3. The van der Waals surface area contributed by atoms with E-state index in [2.05, 4.69) is 33.1 Å². The van der Waals surface area contributed by atoms with Crippen LogP contribution in [0, 0.1) is 0 Å². The van der Waals surface area contributed by atoms with Crippen LogP contribution in [0.3, 0.4) is 0 Å². The molecule has 2 heterocycles. The molecule has 0 unspecified atom stereocenters. The van der Waals surface area contributed by atoms with Crippen LogP contribution in [-0.4, -0.2) is 28.1 Å². The molecule has 16 heavy (non-hydrogen) atoms. The number of rotatable bonds is 7. The van der Waals surface area contributed by atoms with Crippen LogP contribution in [-0.2, 0) is 13.0 Å². The summed E-state index contributed by atoms with van der Waals surface area (Å²) in [7, 11) is 0. The summed E-state index contributed by atoms with van der Waals surface area (Å²) >= 11 is 1.82. The third kappa shape index (κ3) is 3.75. The Morgan fingerprint density at radius 2 is 2.38 bits per heavy atom. The van der Waals surface area contributed by atoms with E-state index < -0.39 is 0 Å². The molecule has 0 aliphatic carbocycles. The molecule has 0 aromatic carbocycles. The second kappa shape index (κ2) is 6.40. The zero-order valence-electron chi connectivity index (χ0n) is 9.17. The normalized spacial score (nSPS) is 10.8. The van der Waals surface area contributed by atoms with Crippen LogP contribution in [0.4, 0.5) is 0 Å². The Balaban J connectivity index is 1.49. The van der Waals surface area contributed by atoms with Gasteiger partial charge < -0.3 is 5.32 Å². The maximum atomic E-state index is 3.92. The first-order valence-corrected chi connectivity index (χ1v) is 6.40. The van der Waals surface area contributed by atoms with Crippen molar-refractivity contribution < 1.29 is 0 Å². The summed E-state index contributed by atoms with van der Waals surface area (Å²) < 4.78 is 1.86. The van der Waals surface area contributed by atoms with E-state index in [0.717, 1.165) is 32.5 Å². The van der Waals surface area contributed by atoms with E-state index in [-0.39, 0.29) is 0 Å². The van der Waals surface area contributed by atoms with Gasteiger partial charge in [-0.15, -0.1) is 16.4 Å². The quantitative estimate of drug-likeness (QED) is 0.742. The molecule has 2 aromatic rings. The van der Waals surface area contributed by atoms with Crippen molar-refractivity contribution in [2.24, 2.45) is 0 Å². The summed E-state index contributed by atoms with van der Waals surface area (Å²) in [5.74, 6) is 0. The molecule has 0 saturated carbocycles. The van der Waals surface area contributed by atoms with E-state index in [1.165, 1.54) is 4.88 Å². The van der Waals surface area contributed by atoms with E-state index in [1.54, 1.807) is 6.20 Å². The van der Waals surface area contributed by atoms with Gasteiger partial charge in [0.15, 0.2) is 0 Å². The molecular formula is C11H16N4S. The lowest BCUT2D eigenvalue weighted by Gasteiger charge is -2.03. The highest BCUT2D eigenvalue weighted by atomic mass is 32.1. The Hall–Kier alpha value is -1.20. The molecule has 0 fully saturated rings. The first kappa shape index (κ1) is 11.3. The minimum absolute atomic E-state index is 0.937. The molecule has 0 spiro atoms. The molecule has 0 atom stereocenters. The van der Waals surface area contributed by atoms with Crippen LogP contribution < -0.4 is 5.32 Å². The fourth-order valence-electron chi connectivity index (χ4n) is 1.51. The second-order valence-electron chi connectivity index (χ2n) is 3.60. The Morgan fingerprint density at radius 3 is 3.12 bits per heavy atom. The topological polar surface area (TPSA) is 42.7 Å². The molecule has 0 saturated heterocycles. The van der Waals surface area contributed by atoms with Gasteiger partial charge in [-0.3, -0.25) is 4.68 Å². The van der Waals surface area contributed by atoms with E-state index in [1.807, 2.05) is 22.2 Å². The molecule has 0 aliphatic rings. The van der Waals surface area contributed by atoms with E-state index in [0.29, 0.717) is 0 Å². The van der Waals surface area contributed by atoms with E-state index in [4.69, 9.17) is 0 Å². The smallest absolute Gasteiger partial charge is 0.0692 e. The van der Waals surface area contributed by atoms with Crippen LogP contribution in [0.1, 0.15) is 11.3 Å². The third-order valence-electron chi connectivity index (χ3n) is 2.34. The molecule has 0 amide bonds. The summed E-state index contributed by atoms with van der Waals surface area (Å²) in [5, 5.41) is 13.2. The number of nitrogens with zero attached hydrogens (tertiary/aromatic N) is 3. The Morgan fingerprint density at radius 1 is 1.38 bits per heavy atom. The molecule has 5 heteroatoms. The van der Waals surface area contributed by atoms with Crippen molar-refractivity contribution >= 4 is 11.3 Å². The van der Waals surface area contributed by atoms with Gasteiger partial charge in [-0.25, -0.2) is 0 Å². The van der Waals surface area contributed by atoms with Gasteiger partial charge >= 0.3 is 0 Å². The molecule has 0 radical (unpaired) electrons. The number of aromatic nitrogens is 3. The maximum absolute atomic E-state index is 3.92. The van der Waals surface area contributed by atoms with E-state index >= 15 is 0 Å². The summed E-state index contributed by atoms with van der Waals surface area (Å²) in [5.41, 5.74) is 0. The van der Waals surface area contributed by atoms with Gasteiger partial charge in [0.2, 0.25) is 0 Å². The van der Waals surface area contributed by atoms with Crippen LogP contribution in [0.25, 0.3) is 0 Å². The molecule has 2 rings (SSSR count). The number of hydrogen-bond acceptors (Lipinski definition) is 4. The lowest BCUT2D eigenvalue weighted by molar-refractivity contribution is 0.531. The predicted molar refractivity (Wildman–Crippen MR) is 65.5 cm³/mol. The lowest BCUT2D eigenvalue weighted by Crippen LogP contribution is -2.19. The van der Waals surface area contributed by atoms with Gasteiger partial charge in [0, 0.05) is 17.6 Å². The molecule has 0 aliphatic heterocycles. The van der Waals surface area contributed by atoms with Crippen molar-refractivity contribution in [3.63, 3.8) is 0 Å². The van der Waals surface area contributed by atoms with Gasteiger partial charge in [-0.05, 0) is 37.4 Å². The fraction of sp³-hybridized carbons (Fsp3) is 0.455. The fourth-order valence-corrected chi connectivity index (χ4v) is 2.22. The average Bonchev–Trinajstić information content (AvgIpc) is 2.96. The summed E-state index contributed by atoms with van der Waals surface area (Å²) in [4.78, 5) is 1.45. The molecular weight excluding hydrogens is 220 g/mol. The first-order chi connectivity index (χ1) is 7.95. The van der Waals surface area contributed by atoms with Gasteiger partial charge in [-0.1, -0.05) is 11.3 Å². The van der Waals surface area contributed by atoms with Crippen LogP contribution >= 0.6 is 11.3 Å². The minimum atomic E-state index is 0.937. The maximum Gasteiger partial charge on any atom is 0.0692 e. The standard InChI is InChI=1S/C11H16N4S/c1-3-11(16-10-1)4-6-12-5-2-8-15-9-7-13-14-15/h1,3,7,9-10,12H,2,4-6,8H2. The monoisotopic (exact) mass is 236 g/mol. The van der Waals surface area contributed by atoms with Gasteiger partial charge in [0.05, 0.1) is 6.20 Å². The van der Waals surface area contributed by atoms with Crippen molar-refractivity contribution in [3.8, 4) is 0 Å². The molecule has 2 aromatic heterocycles. The number of aryl methyl sites for hydroxylation is 1. The summed E-state index contributed by atoms with van der Waals surface area (Å²) in [6.45, 7) is 3.02. The SMILES string of the molecule is c1csc(CCNCCCn2ccnn2)c1. The van der Waals surface area contributed by atoms with Crippen molar-refractivity contribution in [2.45, 2.75) is 19.4 Å². The Labute approximate surface area is 99.3 Å². The number of thiophene rings is 1. The van der Waals surface area contributed by atoms with Crippen LogP contribution in [0.2, 0.25) is 0 Å². The minimum Gasteiger partial charge on any atom is -0.316 e. The highest BCUT2D eigenvalue weighted by molar-refractivity contribution is 7.09. The average molecular weight is 236 g/mol. The first-order valence-electron chi connectivity index (χ1n) is 5.52. The van der Waals surface area contributed by atoms with Crippen LogP contribution in [0.15, 0.2) is 29.9 Å². The van der Waals surface area contributed by atoms with Crippen molar-refractivity contribution in [1.29, 1.82) is 0 Å². The van der Waals surface area contributed by atoms with Crippen molar-refractivity contribution in [1.82, 2.24) is 20.3 Å². The summed E-state index contributed by atoms with van der Waals surface area (Å²) in [6.07, 6.45) is 5.82. The van der Waals surface area contributed by atoms with Crippen molar-refractivity contribution in [3.05, 3.63) is 34.8 Å². The van der Waals surface area contributed by atoms with E-state index in [9.17, 15) is 0 Å². The highest BCUT2D eigenvalue weighted by Crippen LogP contribution is 2.07. The zero-order valence-corrected chi connectivity index (χ0v) is 9.99. The van der Waals surface area contributed by atoms with Crippen molar-refractivity contribution in [2.75, 3.05) is 13.1 Å². The number of hydrogen-bond donors (Lipinski definition) is 1. The van der Waals surface area contributed by atoms with Gasteiger partial charge in [0.1, 0.15) is 0 Å². The zero-order chi connectivity index (χ0) is 11.1. The second-order valence-corrected chi connectivity index (χ2v) is 4.63. The summed E-state index contributed by atoms with van der Waals surface area (Å²) in [6, 6.07) is 4.28. The third-order valence-corrected chi connectivity index (χ3v) is 3.28. The Kier molecular flexibility index (Phi) is 4.51. The van der Waals surface area contributed by atoms with Gasteiger partial charge in [-0.2, -0.15) is 0 Å². The molecule has 4 nitrogen and oxygen atoms in total. The highest BCUT2D eigenvalue weighted by Gasteiger charge is 1.94. The largest absolute Gasteiger partial charge is 0.316 e. The predicted octanol–water partition coefficient (Wildman–Crippen LogP) is 1.56. The van der Waals surface area contributed by atoms with Crippen LogP contribution in [0.5, 0.6) is 0 Å². The molecule has 1 N–H and O–H groups in total. The number of nitrogens with one attached hydrogen (secondary N) is 1. The Bertz CT molecular complexity index is 330. The van der Waals surface area contributed by atoms with Gasteiger partial charge in [0.25, 0.3) is 0 Å². The molecule has 86 valence electrons.